The minimum Gasteiger partial charge on any atom is -0.462 e. The molecular formula is C9H12O5. The van der Waals surface area contributed by atoms with Gasteiger partial charge in [0.2, 0.25) is 0 Å². The Kier molecular flexibility index (Phi) is 5.85. The zero-order valence-electron chi connectivity index (χ0n) is 7.86. The van der Waals surface area contributed by atoms with Gasteiger partial charge in [-0.1, -0.05) is 12.7 Å². The number of ether oxygens (including phenoxy) is 2. The van der Waals surface area contributed by atoms with Gasteiger partial charge in [-0.3, -0.25) is 0 Å². The van der Waals surface area contributed by atoms with Crippen LogP contribution in [0.5, 0.6) is 0 Å². The van der Waals surface area contributed by atoms with Gasteiger partial charge in [0.15, 0.2) is 0 Å². The normalized spacial score (nSPS) is 9.79. The third-order valence-corrected chi connectivity index (χ3v) is 1.16. The lowest BCUT2D eigenvalue weighted by atomic mass is 10.4. The lowest BCUT2D eigenvalue weighted by Crippen LogP contribution is -2.06. The predicted octanol–water partition coefficient (Wildman–Crippen LogP) is 1.70. The predicted molar refractivity (Wildman–Crippen MR) is 48.6 cm³/mol. The molecule has 0 rings (SSSR count). The van der Waals surface area contributed by atoms with E-state index in [1.807, 2.05) is 0 Å². The summed E-state index contributed by atoms with van der Waals surface area (Å²) in [7, 11) is 0. The van der Waals surface area contributed by atoms with E-state index in [4.69, 9.17) is 5.11 Å². The molecular weight excluding hydrogens is 188 g/mol. The van der Waals surface area contributed by atoms with Crippen molar-refractivity contribution in [2.24, 2.45) is 0 Å². The zero-order chi connectivity index (χ0) is 11.0. The van der Waals surface area contributed by atoms with Crippen LogP contribution in [0.3, 0.4) is 0 Å². The molecule has 0 aromatic heterocycles. The van der Waals surface area contributed by atoms with Gasteiger partial charge >= 0.3 is 12.1 Å². The van der Waals surface area contributed by atoms with E-state index in [1.54, 1.807) is 13.0 Å². The summed E-state index contributed by atoms with van der Waals surface area (Å²) < 4.78 is 8.88. The number of carbonyl (C=O) groups is 2. The summed E-state index contributed by atoms with van der Waals surface area (Å²) in [6.07, 6.45) is 1.55. The Morgan fingerprint density at radius 3 is 2.64 bits per heavy atom. The van der Waals surface area contributed by atoms with E-state index in [9.17, 15) is 9.59 Å². The zero-order valence-corrected chi connectivity index (χ0v) is 7.86. The molecule has 0 heterocycles. The van der Waals surface area contributed by atoms with E-state index in [0.29, 0.717) is 0 Å². The van der Waals surface area contributed by atoms with Crippen LogP contribution in [-0.2, 0) is 14.3 Å². The van der Waals surface area contributed by atoms with Gasteiger partial charge in [-0.2, -0.15) is 0 Å². The number of hydrogen-bond donors (Lipinski definition) is 1. The van der Waals surface area contributed by atoms with E-state index in [-0.39, 0.29) is 18.8 Å². The highest BCUT2D eigenvalue weighted by Crippen LogP contribution is 2.00. The molecule has 0 amide bonds. The molecule has 14 heavy (non-hydrogen) atoms. The molecule has 0 radical (unpaired) electrons. The number of carboxylic acid groups (broad SMARTS) is 1. The summed E-state index contributed by atoms with van der Waals surface area (Å²) in [6.45, 7) is 5.06. The second kappa shape index (κ2) is 6.71. The number of hydrogen-bond acceptors (Lipinski definition) is 4. The minimum atomic E-state index is -1.42. The fourth-order valence-corrected chi connectivity index (χ4v) is 0.624. The summed E-state index contributed by atoms with van der Waals surface area (Å²) in [5.41, 5.74) is 0. The Hall–Kier alpha value is -1.78. The van der Waals surface area contributed by atoms with Crippen molar-refractivity contribution in [3.05, 3.63) is 24.5 Å². The van der Waals surface area contributed by atoms with E-state index in [2.05, 4.69) is 16.1 Å². The summed E-state index contributed by atoms with van der Waals surface area (Å²) in [6, 6.07) is 0. The second-order valence-electron chi connectivity index (χ2n) is 2.32. The molecule has 0 unspecified atom stereocenters. The topological polar surface area (TPSA) is 72.8 Å². The fraction of sp³-hybridized carbons (Fsp3) is 0.333. The number of carbonyl (C=O) groups excluding carboxylic acids is 1. The van der Waals surface area contributed by atoms with Crippen LogP contribution >= 0.6 is 0 Å². The molecule has 0 atom stereocenters. The third-order valence-electron chi connectivity index (χ3n) is 1.16. The Morgan fingerprint density at radius 1 is 1.50 bits per heavy atom. The van der Waals surface area contributed by atoms with Crippen molar-refractivity contribution in [3.8, 4) is 0 Å². The first kappa shape index (κ1) is 12.2. The lowest BCUT2D eigenvalue weighted by Gasteiger charge is -2.03. The summed E-state index contributed by atoms with van der Waals surface area (Å²) >= 11 is 0. The number of allylic oxidation sites excluding steroid dienone is 1. The molecule has 1 N–H and O–H groups in total. The summed E-state index contributed by atoms with van der Waals surface area (Å²) in [4.78, 5) is 20.8. The Bertz CT molecular complexity index is 254. The van der Waals surface area contributed by atoms with Gasteiger partial charge in [0, 0.05) is 12.5 Å². The molecule has 78 valence electrons. The van der Waals surface area contributed by atoms with Crippen LogP contribution in [0.25, 0.3) is 0 Å². The number of esters is 1. The van der Waals surface area contributed by atoms with E-state index in [1.165, 1.54) is 6.08 Å². The van der Waals surface area contributed by atoms with Crippen molar-refractivity contribution in [2.45, 2.75) is 13.3 Å². The molecule has 0 saturated carbocycles. The highest BCUT2D eigenvalue weighted by atomic mass is 16.7. The molecule has 0 bridgehead atoms. The van der Waals surface area contributed by atoms with Crippen LogP contribution in [0, 0.1) is 0 Å². The Balaban J connectivity index is 3.59. The molecule has 5 heteroatoms. The molecule has 5 nitrogen and oxygen atoms in total. The van der Waals surface area contributed by atoms with Crippen LogP contribution in [0.15, 0.2) is 24.5 Å². The van der Waals surface area contributed by atoms with Gasteiger partial charge < -0.3 is 14.6 Å². The molecule has 0 spiro atoms. The summed E-state index contributed by atoms with van der Waals surface area (Å²) in [5.74, 6) is -0.429. The van der Waals surface area contributed by atoms with E-state index in [0.717, 1.165) is 0 Å². The van der Waals surface area contributed by atoms with Gasteiger partial charge in [0.05, 0.1) is 6.61 Å². The van der Waals surface area contributed by atoms with Crippen LogP contribution < -0.4 is 0 Å². The monoisotopic (exact) mass is 200 g/mol. The van der Waals surface area contributed by atoms with Gasteiger partial charge in [-0.25, -0.2) is 9.59 Å². The van der Waals surface area contributed by atoms with Crippen LogP contribution in [0.4, 0.5) is 4.79 Å². The molecule has 0 aliphatic rings. The molecule has 0 aromatic carbocycles. The van der Waals surface area contributed by atoms with E-state index < -0.39 is 12.1 Å². The fourth-order valence-electron chi connectivity index (χ4n) is 0.624. The molecule has 0 aliphatic heterocycles. The van der Waals surface area contributed by atoms with Crippen LogP contribution in [-0.4, -0.2) is 23.8 Å². The van der Waals surface area contributed by atoms with Crippen LogP contribution in [0.2, 0.25) is 0 Å². The first-order valence-corrected chi connectivity index (χ1v) is 3.94. The minimum absolute atomic E-state index is 0.0470. The van der Waals surface area contributed by atoms with Crippen molar-refractivity contribution < 1.29 is 24.2 Å². The van der Waals surface area contributed by atoms with Gasteiger partial charge in [0.1, 0.15) is 5.76 Å². The highest BCUT2D eigenvalue weighted by Gasteiger charge is 2.03. The second-order valence-corrected chi connectivity index (χ2v) is 2.32. The van der Waals surface area contributed by atoms with Crippen molar-refractivity contribution in [1.29, 1.82) is 0 Å². The Labute approximate surface area is 81.6 Å². The smallest absolute Gasteiger partial charge is 0.462 e. The summed E-state index contributed by atoms with van der Waals surface area (Å²) in [5, 5.41) is 8.17. The van der Waals surface area contributed by atoms with E-state index >= 15 is 0 Å². The molecule has 0 aromatic rings. The van der Waals surface area contributed by atoms with Crippen molar-refractivity contribution in [2.75, 3.05) is 6.61 Å². The van der Waals surface area contributed by atoms with Gasteiger partial charge in [0.25, 0.3) is 0 Å². The quantitative estimate of drug-likeness (QED) is 0.415. The average molecular weight is 200 g/mol. The lowest BCUT2D eigenvalue weighted by molar-refractivity contribution is -0.137. The molecule has 0 aliphatic carbocycles. The molecule has 0 fully saturated rings. The third kappa shape index (κ3) is 6.90. The van der Waals surface area contributed by atoms with Crippen molar-refractivity contribution >= 4 is 12.1 Å². The van der Waals surface area contributed by atoms with Crippen molar-refractivity contribution in [3.63, 3.8) is 0 Å². The first-order chi connectivity index (χ1) is 6.56. The van der Waals surface area contributed by atoms with Crippen LogP contribution in [0.1, 0.15) is 13.3 Å². The standard InChI is InChI=1S/C9H12O5/c1-3-4-8(10)13-6-5-7(2)14-9(11)12/h3-4H,2,5-6H2,1H3,(H,11,12). The van der Waals surface area contributed by atoms with Gasteiger partial charge in [-0.15, -0.1) is 0 Å². The van der Waals surface area contributed by atoms with Crippen molar-refractivity contribution in [1.82, 2.24) is 0 Å². The maximum absolute atomic E-state index is 10.8. The largest absolute Gasteiger partial charge is 0.510 e. The first-order valence-electron chi connectivity index (χ1n) is 3.94. The maximum Gasteiger partial charge on any atom is 0.510 e. The Morgan fingerprint density at radius 2 is 2.14 bits per heavy atom. The number of rotatable bonds is 5. The average Bonchev–Trinajstić information content (AvgIpc) is 2.02. The molecule has 0 saturated heterocycles. The maximum atomic E-state index is 10.8. The van der Waals surface area contributed by atoms with Gasteiger partial charge in [-0.05, 0) is 6.92 Å². The highest BCUT2D eigenvalue weighted by molar-refractivity contribution is 5.81. The SMILES string of the molecule is C=C(CCOC(=O)C=CC)OC(=O)O.